The Morgan fingerprint density at radius 2 is 0.220 bits per heavy atom. The molecule has 0 amide bonds. The topological polar surface area (TPSA) is 0 Å². The molecule has 8 heteroatoms. The molecule has 0 spiro atoms. The van der Waals surface area contributed by atoms with Gasteiger partial charge in [-0.2, -0.15) is 0 Å². The molecule has 0 aliphatic carbocycles. The van der Waals surface area contributed by atoms with Gasteiger partial charge in [-0.15, -0.1) is 0 Å². The monoisotopic (exact) mass is 1090 g/mol. The van der Waals surface area contributed by atoms with E-state index in [1.807, 2.05) is 170 Å². The van der Waals surface area contributed by atoms with Crippen molar-refractivity contribution < 1.29 is 35.1 Å². The fourth-order valence-electron chi connectivity index (χ4n) is 9.83. The van der Waals surface area contributed by atoms with Gasteiger partial charge >= 0.3 is 0 Å². The SMILES string of the molecule is C.C.Fc1c(F)c(-c2ccc(-c3ccc(-c4ccccc4)cc3)cc2)c(F)c(F)c1-c1ccc(-c2ccccc2)cc1.Fc1c(F)c(-c2ccc(-c3ccc(-c4ccccc4)cc3)cc2)c(F)c(F)c1-c1ccc(-c2ccccc2)cc1. The summed E-state index contributed by atoms with van der Waals surface area (Å²) in [4.78, 5) is 0. The zero-order valence-corrected chi connectivity index (χ0v) is 42.4. The molecular formula is C74H52F8. The Kier molecular flexibility index (Phi) is 17.3. The number of hydrogen-bond acceptors (Lipinski definition) is 0. The highest BCUT2D eigenvalue weighted by atomic mass is 19.2. The van der Waals surface area contributed by atoms with E-state index in [9.17, 15) is 0 Å². The molecular weight excluding hydrogens is 1040 g/mol. The van der Waals surface area contributed by atoms with Crippen molar-refractivity contribution in [2.24, 2.45) is 0 Å². The molecule has 12 aromatic carbocycles. The third kappa shape index (κ3) is 11.6. The van der Waals surface area contributed by atoms with Crippen LogP contribution in [0.5, 0.6) is 0 Å². The lowest BCUT2D eigenvalue weighted by Gasteiger charge is -2.14. The molecule has 0 bridgehead atoms. The standard InChI is InChI=1S/2C36H22F4.2CH4/c2*37-33-31(29-19-15-26(16-20-29)24-9-5-2-6-10-24)34(38)36(40)32(35(33)39)30-21-17-28(18-22-30)27-13-11-25(12-14-27)23-7-3-1-4-8-23;;/h2*1-22H;2*1H4. The first-order chi connectivity index (χ1) is 39.0. The van der Waals surface area contributed by atoms with Gasteiger partial charge in [0.2, 0.25) is 0 Å². The number of rotatable bonds is 10. The van der Waals surface area contributed by atoms with Crippen LogP contribution in [0.4, 0.5) is 35.1 Å². The van der Waals surface area contributed by atoms with Crippen LogP contribution in [-0.4, -0.2) is 0 Å². The second-order valence-corrected chi connectivity index (χ2v) is 18.9. The summed E-state index contributed by atoms with van der Waals surface area (Å²) in [5.41, 5.74) is 8.46. The number of halogens is 8. The van der Waals surface area contributed by atoms with Gasteiger partial charge in [-0.05, 0) is 89.0 Å². The van der Waals surface area contributed by atoms with Crippen LogP contribution in [0.15, 0.2) is 267 Å². The van der Waals surface area contributed by atoms with Crippen molar-refractivity contribution in [3.05, 3.63) is 313 Å². The van der Waals surface area contributed by atoms with Crippen LogP contribution in [0.25, 0.3) is 111 Å². The Morgan fingerprint density at radius 3 is 0.341 bits per heavy atom. The lowest BCUT2D eigenvalue weighted by molar-refractivity contribution is 0.463. The molecule has 0 saturated heterocycles. The van der Waals surface area contributed by atoms with E-state index in [0.717, 1.165) is 66.8 Å². The van der Waals surface area contributed by atoms with Crippen molar-refractivity contribution in [1.82, 2.24) is 0 Å². The smallest absolute Gasteiger partial charge is 0.170 e. The zero-order valence-electron chi connectivity index (χ0n) is 42.4. The van der Waals surface area contributed by atoms with E-state index < -0.39 is 68.8 Å². The minimum Gasteiger partial charge on any atom is -0.203 e. The minimum absolute atomic E-state index is 0. The maximum Gasteiger partial charge on any atom is 0.170 e. The van der Waals surface area contributed by atoms with Crippen LogP contribution >= 0.6 is 0 Å². The number of benzene rings is 12. The van der Waals surface area contributed by atoms with Crippen molar-refractivity contribution in [1.29, 1.82) is 0 Å². The highest BCUT2D eigenvalue weighted by Crippen LogP contribution is 2.41. The van der Waals surface area contributed by atoms with E-state index in [1.165, 1.54) is 48.5 Å². The van der Waals surface area contributed by atoms with Gasteiger partial charge in [0.1, 0.15) is 0 Å². The normalized spacial score (nSPS) is 10.7. The van der Waals surface area contributed by atoms with Crippen molar-refractivity contribution in [3.8, 4) is 111 Å². The van der Waals surface area contributed by atoms with Crippen LogP contribution in [0, 0.1) is 46.5 Å². The lowest BCUT2D eigenvalue weighted by Crippen LogP contribution is -2.03. The van der Waals surface area contributed by atoms with E-state index in [-0.39, 0.29) is 37.1 Å². The minimum atomic E-state index is -1.43. The third-order valence-corrected chi connectivity index (χ3v) is 14.1. The van der Waals surface area contributed by atoms with Crippen molar-refractivity contribution >= 4 is 0 Å². The fraction of sp³-hybridized carbons (Fsp3) is 0.0270. The maximum absolute atomic E-state index is 15.3. The van der Waals surface area contributed by atoms with Gasteiger partial charge in [0.05, 0.1) is 22.3 Å². The zero-order chi connectivity index (χ0) is 55.3. The van der Waals surface area contributed by atoms with Crippen molar-refractivity contribution in [2.75, 3.05) is 0 Å². The average Bonchev–Trinajstić information content (AvgIpc) is 3.71. The first kappa shape index (κ1) is 56.8. The predicted octanol–water partition coefficient (Wildman–Crippen LogP) is 22.4. The van der Waals surface area contributed by atoms with Crippen molar-refractivity contribution in [3.63, 3.8) is 0 Å². The van der Waals surface area contributed by atoms with Gasteiger partial charge < -0.3 is 0 Å². The van der Waals surface area contributed by atoms with Crippen molar-refractivity contribution in [2.45, 2.75) is 14.9 Å². The second-order valence-electron chi connectivity index (χ2n) is 18.9. The largest absolute Gasteiger partial charge is 0.203 e. The summed E-state index contributed by atoms with van der Waals surface area (Å²) in [6.07, 6.45) is 0. The Bertz CT molecular complexity index is 3760. The van der Waals surface area contributed by atoms with Gasteiger partial charge in [0, 0.05) is 0 Å². The van der Waals surface area contributed by atoms with Crippen LogP contribution < -0.4 is 0 Å². The summed E-state index contributed by atoms with van der Waals surface area (Å²) in [5.74, 6) is -11.4. The Balaban J connectivity index is 0.000000193. The van der Waals surface area contributed by atoms with Crippen LogP contribution in [0.1, 0.15) is 14.9 Å². The summed E-state index contributed by atoms with van der Waals surface area (Å²) < 4.78 is 122. The molecule has 12 aromatic rings. The van der Waals surface area contributed by atoms with E-state index in [2.05, 4.69) is 0 Å². The Hall–Kier alpha value is -9.92. The summed E-state index contributed by atoms with van der Waals surface area (Å²) >= 11 is 0. The molecule has 0 aromatic heterocycles. The van der Waals surface area contributed by atoms with Crippen LogP contribution in [0.3, 0.4) is 0 Å². The first-order valence-corrected chi connectivity index (χ1v) is 25.6. The number of hydrogen-bond donors (Lipinski definition) is 0. The molecule has 0 aliphatic rings. The van der Waals surface area contributed by atoms with E-state index in [0.29, 0.717) is 0 Å². The molecule has 0 fully saturated rings. The lowest BCUT2D eigenvalue weighted by atomic mass is 9.94. The molecule has 0 nitrogen and oxygen atoms in total. The van der Waals surface area contributed by atoms with Crippen LogP contribution in [-0.2, 0) is 0 Å². The van der Waals surface area contributed by atoms with Gasteiger partial charge in [0.15, 0.2) is 46.5 Å². The van der Waals surface area contributed by atoms with Gasteiger partial charge in [-0.1, -0.05) is 282 Å². The quantitative estimate of drug-likeness (QED) is 0.0946. The highest BCUT2D eigenvalue weighted by Gasteiger charge is 2.29. The average molecular weight is 1090 g/mol. The van der Waals surface area contributed by atoms with E-state index in [1.54, 1.807) is 48.5 Å². The first-order valence-electron chi connectivity index (χ1n) is 25.6. The van der Waals surface area contributed by atoms with Gasteiger partial charge in [0.25, 0.3) is 0 Å². The molecule has 0 saturated carbocycles. The molecule has 0 N–H and O–H groups in total. The molecule has 0 unspecified atom stereocenters. The highest BCUT2D eigenvalue weighted by molar-refractivity contribution is 5.80. The van der Waals surface area contributed by atoms with E-state index in [4.69, 9.17) is 0 Å². The fourth-order valence-corrected chi connectivity index (χ4v) is 9.83. The van der Waals surface area contributed by atoms with E-state index >= 15 is 35.1 Å². The van der Waals surface area contributed by atoms with Gasteiger partial charge in [-0.25, -0.2) is 35.1 Å². The molecule has 0 aliphatic heterocycles. The summed E-state index contributed by atoms with van der Waals surface area (Å²) in [6, 6.07) is 79.6. The molecule has 12 rings (SSSR count). The summed E-state index contributed by atoms with van der Waals surface area (Å²) in [7, 11) is 0. The summed E-state index contributed by atoms with van der Waals surface area (Å²) in [6.45, 7) is 0. The van der Waals surface area contributed by atoms with Gasteiger partial charge in [-0.3, -0.25) is 0 Å². The summed E-state index contributed by atoms with van der Waals surface area (Å²) in [5, 5.41) is 0. The van der Waals surface area contributed by atoms with Crippen LogP contribution in [0.2, 0.25) is 0 Å². The molecule has 0 radical (unpaired) electrons. The predicted molar refractivity (Wildman–Crippen MR) is 320 cm³/mol. The third-order valence-electron chi connectivity index (χ3n) is 14.1. The molecule has 0 heterocycles. The second kappa shape index (κ2) is 25.0. The molecule has 82 heavy (non-hydrogen) atoms. The molecule has 404 valence electrons. The Morgan fingerprint density at radius 1 is 0.122 bits per heavy atom. The Labute approximate surface area is 472 Å². The molecule has 0 atom stereocenters. The maximum atomic E-state index is 15.3.